The van der Waals surface area contributed by atoms with Crippen LogP contribution in [0.2, 0.25) is 5.02 Å². The molecule has 154 valence electrons. The van der Waals surface area contributed by atoms with Crippen LogP contribution in [0.1, 0.15) is 30.0 Å². The largest absolute Gasteiger partial charge is 0.368 e. The Morgan fingerprint density at radius 2 is 1.90 bits per heavy atom. The van der Waals surface area contributed by atoms with Gasteiger partial charge in [0.1, 0.15) is 5.82 Å². The molecule has 0 saturated carbocycles. The lowest BCUT2D eigenvalue weighted by atomic mass is 9.89. The molecule has 0 aliphatic carbocycles. The Bertz CT molecular complexity index is 1040. The van der Waals surface area contributed by atoms with Crippen molar-refractivity contribution in [2.24, 2.45) is 0 Å². The number of halogens is 2. The van der Waals surface area contributed by atoms with Crippen molar-refractivity contribution in [3.05, 3.63) is 76.8 Å². The van der Waals surface area contributed by atoms with Gasteiger partial charge in [-0.15, -0.1) is 0 Å². The van der Waals surface area contributed by atoms with Crippen molar-refractivity contribution in [1.29, 1.82) is 0 Å². The highest BCUT2D eigenvalue weighted by Crippen LogP contribution is 2.34. The third-order valence-electron chi connectivity index (χ3n) is 5.42. The first kappa shape index (κ1) is 20.3. The van der Waals surface area contributed by atoms with Gasteiger partial charge in [-0.2, -0.15) is 0 Å². The number of carbonyl (C=O) groups is 1. The number of piperidine rings is 1. The standard InChI is InChI=1S/C23H22ClFN4O/c24-18-7-5-16(6-8-18)20-13-27-23(26)28-22(20)17-2-1-11-29(14-17)21(30)12-15-3-9-19(25)10-4-15/h3-10,13,17H,1-2,11-12,14H2,(H2,26,27,28)/t17-/m1/s1. The Balaban J connectivity index is 1.55. The average molecular weight is 425 g/mol. The van der Waals surface area contributed by atoms with Crippen molar-refractivity contribution in [1.82, 2.24) is 14.9 Å². The minimum atomic E-state index is -0.305. The molecule has 1 amide bonds. The molecule has 1 saturated heterocycles. The van der Waals surface area contributed by atoms with Crippen LogP contribution in [0.5, 0.6) is 0 Å². The maximum absolute atomic E-state index is 13.1. The zero-order chi connectivity index (χ0) is 21.1. The lowest BCUT2D eigenvalue weighted by Crippen LogP contribution is -2.40. The van der Waals surface area contributed by atoms with E-state index in [0.717, 1.165) is 35.2 Å². The second-order valence-corrected chi connectivity index (χ2v) is 7.95. The Labute approximate surface area is 179 Å². The molecule has 5 nitrogen and oxygen atoms in total. The Morgan fingerprint density at radius 3 is 2.63 bits per heavy atom. The van der Waals surface area contributed by atoms with E-state index in [1.54, 1.807) is 18.3 Å². The maximum atomic E-state index is 13.1. The minimum absolute atomic E-state index is 0.0291. The number of nitrogen functional groups attached to an aromatic ring is 1. The van der Waals surface area contributed by atoms with Crippen molar-refractivity contribution < 1.29 is 9.18 Å². The van der Waals surface area contributed by atoms with Crippen LogP contribution >= 0.6 is 11.6 Å². The Morgan fingerprint density at radius 1 is 1.17 bits per heavy atom. The Kier molecular flexibility index (Phi) is 5.95. The normalized spacial score (nSPS) is 16.5. The van der Waals surface area contributed by atoms with Gasteiger partial charge < -0.3 is 10.6 Å². The number of nitrogens with zero attached hydrogens (tertiary/aromatic N) is 3. The number of carbonyl (C=O) groups excluding carboxylic acids is 1. The first-order valence-electron chi connectivity index (χ1n) is 9.90. The third kappa shape index (κ3) is 4.60. The molecule has 1 aliphatic heterocycles. The van der Waals surface area contributed by atoms with Gasteiger partial charge in [-0.3, -0.25) is 4.79 Å². The molecule has 0 spiro atoms. The van der Waals surface area contributed by atoms with Crippen molar-refractivity contribution in [2.75, 3.05) is 18.8 Å². The summed E-state index contributed by atoms with van der Waals surface area (Å²) in [6, 6.07) is 13.6. The number of hydrogen-bond donors (Lipinski definition) is 1. The van der Waals surface area contributed by atoms with E-state index in [9.17, 15) is 9.18 Å². The van der Waals surface area contributed by atoms with Crippen molar-refractivity contribution in [2.45, 2.75) is 25.2 Å². The summed E-state index contributed by atoms with van der Waals surface area (Å²) in [6.45, 7) is 1.27. The lowest BCUT2D eigenvalue weighted by molar-refractivity contribution is -0.131. The maximum Gasteiger partial charge on any atom is 0.227 e. The number of aromatic nitrogens is 2. The molecule has 2 N–H and O–H groups in total. The Hall–Kier alpha value is -2.99. The van der Waals surface area contributed by atoms with Crippen LogP contribution in [0.15, 0.2) is 54.7 Å². The number of anilines is 1. The van der Waals surface area contributed by atoms with E-state index in [1.807, 2.05) is 29.2 Å². The second-order valence-electron chi connectivity index (χ2n) is 7.52. The zero-order valence-corrected chi connectivity index (χ0v) is 17.1. The molecular formula is C23H22ClFN4O. The van der Waals surface area contributed by atoms with E-state index in [-0.39, 0.29) is 30.0 Å². The monoisotopic (exact) mass is 424 g/mol. The lowest BCUT2D eigenvalue weighted by Gasteiger charge is -2.33. The minimum Gasteiger partial charge on any atom is -0.368 e. The van der Waals surface area contributed by atoms with Crippen LogP contribution < -0.4 is 5.73 Å². The highest BCUT2D eigenvalue weighted by molar-refractivity contribution is 6.30. The predicted molar refractivity (Wildman–Crippen MR) is 116 cm³/mol. The van der Waals surface area contributed by atoms with E-state index in [0.29, 0.717) is 18.1 Å². The number of likely N-dealkylation sites (tertiary alicyclic amines) is 1. The van der Waals surface area contributed by atoms with E-state index >= 15 is 0 Å². The van der Waals surface area contributed by atoms with Gasteiger partial charge in [0.05, 0.1) is 12.1 Å². The van der Waals surface area contributed by atoms with E-state index in [1.165, 1.54) is 12.1 Å². The summed E-state index contributed by atoms with van der Waals surface area (Å²) in [5, 5.41) is 0.659. The van der Waals surface area contributed by atoms with Crippen molar-refractivity contribution >= 4 is 23.5 Å². The molecule has 3 aromatic rings. The first-order chi connectivity index (χ1) is 14.5. The fourth-order valence-corrected chi connectivity index (χ4v) is 4.01. The van der Waals surface area contributed by atoms with Gasteiger partial charge in [0.2, 0.25) is 11.9 Å². The van der Waals surface area contributed by atoms with Gasteiger partial charge in [0, 0.05) is 35.8 Å². The number of amides is 1. The van der Waals surface area contributed by atoms with Crippen LogP contribution in [0.25, 0.3) is 11.1 Å². The molecule has 4 rings (SSSR count). The molecular weight excluding hydrogens is 403 g/mol. The summed E-state index contributed by atoms with van der Waals surface area (Å²) in [4.78, 5) is 23.4. The smallest absolute Gasteiger partial charge is 0.227 e. The van der Waals surface area contributed by atoms with E-state index < -0.39 is 0 Å². The molecule has 1 aliphatic rings. The summed E-state index contributed by atoms with van der Waals surface area (Å²) in [6.07, 6.45) is 3.78. The molecule has 0 unspecified atom stereocenters. The molecule has 2 aromatic carbocycles. The average Bonchev–Trinajstić information content (AvgIpc) is 2.76. The highest BCUT2D eigenvalue weighted by atomic mass is 35.5. The summed E-state index contributed by atoms with van der Waals surface area (Å²) < 4.78 is 13.1. The molecule has 1 fully saturated rings. The highest BCUT2D eigenvalue weighted by Gasteiger charge is 2.28. The molecule has 1 aromatic heterocycles. The molecule has 7 heteroatoms. The van der Waals surface area contributed by atoms with Crippen LogP contribution in [-0.4, -0.2) is 33.9 Å². The van der Waals surface area contributed by atoms with Crippen molar-refractivity contribution in [3.63, 3.8) is 0 Å². The van der Waals surface area contributed by atoms with Crippen LogP contribution in [0, 0.1) is 5.82 Å². The number of rotatable bonds is 4. The summed E-state index contributed by atoms with van der Waals surface area (Å²) >= 11 is 6.03. The van der Waals surface area contributed by atoms with Gasteiger partial charge in [0.25, 0.3) is 0 Å². The van der Waals surface area contributed by atoms with Gasteiger partial charge >= 0.3 is 0 Å². The van der Waals surface area contributed by atoms with E-state index in [4.69, 9.17) is 17.3 Å². The van der Waals surface area contributed by atoms with Gasteiger partial charge in [-0.25, -0.2) is 14.4 Å². The molecule has 2 heterocycles. The fraction of sp³-hybridized carbons (Fsp3) is 0.261. The van der Waals surface area contributed by atoms with Crippen LogP contribution in [-0.2, 0) is 11.2 Å². The number of nitrogens with two attached hydrogens (primary N) is 1. The van der Waals surface area contributed by atoms with Gasteiger partial charge in [-0.05, 0) is 48.2 Å². The fourth-order valence-electron chi connectivity index (χ4n) is 3.89. The SMILES string of the molecule is Nc1ncc(-c2ccc(Cl)cc2)c([C@@H]2CCCN(C(=O)Cc3ccc(F)cc3)C2)n1. The third-order valence-corrected chi connectivity index (χ3v) is 5.67. The zero-order valence-electron chi connectivity index (χ0n) is 16.4. The summed E-state index contributed by atoms with van der Waals surface area (Å²) in [5.41, 5.74) is 9.41. The molecule has 0 radical (unpaired) electrons. The number of hydrogen-bond acceptors (Lipinski definition) is 4. The van der Waals surface area contributed by atoms with Crippen LogP contribution in [0.4, 0.5) is 10.3 Å². The number of benzene rings is 2. The second kappa shape index (κ2) is 8.79. The van der Waals surface area contributed by atoms with E-state index in [2.05, 4.69) is 9.97 Å². The molecule has 0 bridgehead atoms. The van der Waals surface area contributed by atoms with Crippen LogP contribution in [0.3, 0.4) is 0 Å². The predicted octanol–water partition coefficient (Wildman–Crippen LogP) is 4.47. The summed E-state index contributed by atoms with van der Waals surface area (Å²) in [5.74, 6) is 0.00562. The van der Waals surface area contributed by atoms with Gasteiger partial charge in [0.15, 0.2) is 0 Å². The molecule has 30 heavy (non-hydrogen) atoms. The topological polar surface area (TPSA) is 72.1 Å². The quantitative estimate of drug-likeness (QED) is 0.670. The summed E-state index contributed by atoms with van der Waals surface area (Å²) in [7, 11) is 0. The van der Waals surface area contributed by atoms with Crippen molar-refractivity contribution in [3.8, 4) is 11.1 Å². The van der Waals surface area contributed by atoms with Gasteiger partial charge in [-0.1, -0.05) is 35.9 Å². The molecule has 1 atom stereocenters. The first-order valence-corrected chi connectivity index (χ1v) is 10.3.